The monoisotopic (exact) mass is 816 g/mol. The van der Waals surface area contributed by atoms with E-state index in [-0.39, 0.29) is 35.6 Å². The van der Waals surface area contributed by atoms with Crippen molar-refractivity contribution in [2.45, 2.75) is 86.0 Å². The van der Waals surface area contributed by atoms with Gasteiger partial charge < -0.3 is 0 Å². The minimum absolute atomic E-state index is 0. The fraction of sp³-hybridized carbons (Fsp3) is 0.326. The summed E-state index contributed by atoms with van der Waals surface area (Å²) in [5, 5.41) is 0. The first-order valence-electron chi connectivity index (χ1n) is 15.8. The molecule has 6 rings (SSSR count). The average Bonchev–Trinajstić information content (AvgIpc) is 3.66. The van der Waals surface area contributed by atoms with Crippen LogP contribution in [0.1, 0.15) is 102 Å². The number of allylic oxidation sites excluding steroid dienone is 4. The van der Waals surface area contributed by atoms with Crippen LogP contribution in [0.5, 0.6) is 0 Å². The van der Waals surface area contributed by atoms with E-state index in [1.165, 1.54) is 53.3 Å². The second-order valence-electron chi connectivity index (χ2n) is 14.9. The zero-order valence-corrected chi connectivity index (χ0v) is 34.3. The molecule has 240 valence electrons. The number of benzene rings is 4. The van der Waals surface area contributed by atoms with Crippen molar-refractivity contribution >= 4 is 28.1 Å². The van der Waals surface area contributed by atoms with E-state index in [2.05, 4.69) is 178 Å². The van der Waals surface area contributed by atoms with Crippen molar-refractivity contribution in [2.24, 2.45) is 5.41 Å². The second-order valence-corrected chi connectivity index (χ2v) is 16.7. The molecule has 0 radical (unpaired) electrons. The Hall–Kier alpha value is -2.32. The van der Waals surface area contributed by atoms with Crippen molar-refractivity contribution < 1.29 is 23.9 Å². The Balaban J connectivity index is 0.000000256. The third kappa shape index (κ3) is 10.6. The molecule has 0 spiro atoms. The molecule has 4 aromatic carbocycles. The van der Waals surface area contributed by atoms with Gasteiger partial charge in [0, 0.05) is 0 Å². The van der Waals surface area contributed by atoms with Gasteiger partial charge in [-0.25, -0.2) is 6.08 Å². The maximum absolute atomic E-state index is 3.67. The number of fused-ring (bicyclic) bond motifs is 3. The summed E-state index contributed by atoms with van der Waals surface area (Å²) in [4.78, 5) is 0. The molecule has 0 saturated carbocycles. The van der Waals surface area contributed by atoms with E-state index in [9.17, 15) is 0 Å². The Morgan fingerprint density at radius 2 is 1.17 bits per heavy atom. The summed E-state index contributed by atoms with van der Waals surface area (Å²) in [6.45, 7) is 20.3. The molecule has 0 N–H and O–H groups in total. The summed E-state index contributed by atoms with van der Waals surface area (Å²) in [6.07, 6.45) is 9.53. The Bertz CT molecular complexity index is 1540. The molecule has 0 saturated heterocycles. The second kappa shape index (κ2) is 16.7. The molecule has 0 aliphatic heterocycles. The van der Waals surface area contributed by atoms with Gasteiger partial charge in [-0.15, -0.1) is 42.4 Å². The molecule has 0 bridgehead atoms. The van der Waals surface area contributed by atoms with Crippen LogP contribution >= 0.6 is 24.8 Å². The first-order valence-corrected chi connectivity index (χ1v) is 17.6. The van der Waals surface area contributed by atoms with Crippen LogP contribution in [0.2, 0.25) is 0 Å². The van der Waals surface area contributed by atoms with Crippen molar-refractivity contribution in [1.82, 2.24) is 0 Å². The fourth-order valence-electron chi connectivity index (χ4n) is 5.32. The van der Waals surface area contributed by atoms with Crippen LogP contribution in [0.3, 0.4) is 0 Å². The summed E-state index contributed by atoms with van der Waals surface area (Å²) in [6, 6.07) is 36.4. The van der Waals surface area contributed by atoms with Crippen molar-refractivity contribution in [3.8, 4) is 11.1 Å². The number of hydrogen-bond acceptors (Lipinski definition) is 0. The topological polar surface area (TPSA) is 0 Å². The summed E-state index contributed by atoms with van der Waals surface area (Å²) in [7, 11) is 0. The SMILES string of the molecule is CC(C)(C)C1=CC[C-]=C1.CC(C)(C)c1[c-]c2c(cc1)-c1ccc(C(C)(C)C)cc1C2.Cl.Cl.[Hf+2]=[C](c1ccccc1)c1ccccc1. The third-order valence-electron chi connectivity index (χ3n) is 8.15. The van der Waals surface area contributed by atoms with Crippen LogP contribution in [-0.2, 0) is 41.1 Å². The molecule has 0 amide bonds. The van der Waals surface area contributed by atoms with Crippen molar-refractivity contribution in [2.75, 3.05) is 0 Å². The van der Waals surface area contributed by atoms with Gasteiger partial charge in [0.15, 0.2) is 0 Å². The zero-order chi connectivity index (χ0) is 32.1. The Morgan fingerprint density at radius 3 is 1.61 bits per heavy atom. The summed E-state index contributed by atoms with van der Waals surface area (Å²) in [5.41, 5.74) is 13.2. The molecule has 4 aromatic rings. The fourth-order valence-corrected chi connectivity index (χ4v) is 6.52. The van der Waals surface area contributed by atoms with Crippen molar-refractivity contribution in [3.63, 3.8) is 0 Å². The predicted molar refractivity (Wildman–Crippen MR) is 201 cm³/mol. The van der Waals surface area contributed by atoms with Gasteiger partial charge >= 0.3 is 98.9 Å². The molecule has 0 nitrogen and oxygen atoms in total. The maximum atomic E-state index is 3.67. The van der Waals surface area contributed by atoms with E-state index < -0.39 is 0 Å². The summed E-state index contributed by atoms with van der Waals surface area (Å²) >= 11 is 1.08. The predicted octanol–water partition coefficient (Wildman–Crippen LogP) is 12.0. The number of hydrogen-bond donors (Lipinski definition) is 0. The molecule has 0 fully saturated rings. The molecule has 2 aliphatic carbocycles. The van der Waals surface area contributed by atoms with Crippen LogP contribution in [0, 0.1) is 17.6 Å². The van der Waals surface area contributed by atoms with E-state index in [4.69, 9.17) is 0 Å². The number of rotatable bonds is 2. The first kappa shape index (κ1) is 39.9. The molecule has 0 heterocycles. The first-order chi connectivity index (χ1) is 20.6. The Labute approximate surface area is 306 Å². The van der Waals surface area contributed by atoms with Crippen molar-refractivity contribution in [1.29, 1.82) is 0 Å². The van der Waals surface area contributed by atoms with Crippen LogP contribution in [0.25, 0.3) is 11.1 Å². The van der Waals surface area contributed by atoms with Crippen LogP contribution < -0.4 is 0 Å². The zero-order valence-electron chi connectivity index (χ0n) is 29.0. The standard InChI is InChI=1S/C21H25.C13H10.C9H13.2ClH.Hf/c1-20(2,3)16-7-9-18-14(12-16)11-15-13-17(21(4,5)6)8-10-19(15)18;1-3-7-12(8-4-1)11-13-9-5-2-6-10-13;1-9(2,3)8-6-4-5-7-8;;;/h7-10,12H,11H2,1-6H3;1-10H;6-7H,4H2,1-3H3;2*1H;/q-1;;-1;;;+2. The minimum atomic E-state index is 0. The van der Waals surface area contributed by atoms with Gasteiger partial charge in [-0.2, -0.15) is 35.4 Å². The van der Waals surface area contributed by atoms with E-state index in [0.717, 1.165) is 36.7 Å². The average molecular weight is 816 g/mol. The van der Waals surface area contributed by atoms with Gasteiger partial charge in [-0.1, -0.05) is 91.5 Å². The summed E-state index contributed by atoms with van der Waals surface area (Å²) in [5.74, 6) is 0. The van der Waals surface area contributed by atoms with Gasteiger partial charge in [0.05, 0.1) is 0 Å². The molecule has 46 heavy (non-hydrogen) atoms. The molecule has 3 heteroatoms. The van der Waals surface area contributed by atoms with Crippen molar-refractivity contribution in [3.05, 3.63) is 154 Å². The van der Waals surface area contributed by atoms with Crippen LogP contribution in [-0.4, -0.2) is 3.26 Å². The van der Waals surface area contributed by atoms with Gasteiger partial charge in [0.1, 0.15) is 0 Å². The molecule has 2 aliphatic rings. The molecule has 0 atom stereocenters. The Morgan fingerprint density at radius 1 is 0.630 bits per heavy atom. The number of halogens is 2. The van der Waals surface area contributed by atoms with E-state index >= 15 is 0 Å². The summed E-state index contributed by atoms with van der Waals surface area (Å²) < 4.78 is 1.46. The molecule has 0 aromatic heterocycles. The molecular weight excluding hydrogens is 766 g/mol. The quantitative estimate of drug-likeness (QED) is 0.123. The molecule has 0 unspecified atom stereocenters. The van der Waals surface area contributed by atoms with Crippen LogP contribution in [0.4, 0.5) is 0 Å². The van der Waals surface area contributed by atoms with E-state index in [1.54, 1.807) is 0 Å². The van der Waals surface area contributed by atoms with E-state index in [0.29, 0.717) is 5.41 Å². The third-order valence-corrected chi connectivity index (χ3v) is 10.2. The normalized spacial score (nSPS) is 13.0. The Kier molecular flexibility index (Phi) is 14.4. The molecular formula is C43H50Cl2Hf. The van der Waals surface area contributed by atoms with E-state index in [1.807, 2.05) is 0 Å². The van der Waals surface area contributed by atoms with Crippen LogP contribution in [0.15, 0.2) is 109 Å². The van der Waals surface area contributed by atoms with Gasteiger partial charge in [-0.05, 0) is 28.4 Å². The van der Waals surface area contributed by atoms with Gasteiger partial charge in [0.25, 0.3) is 0 Å². The van der Waals surface area contributed by atoms with Gasteiger partial charge in [0.2, 0.25) is 0 Å². The van der Waals surface area contributed by atoms with Gasteiger partial charge in [-0.3, -0.25) is 6.08 Å².